The zero-order valence-electron chi connectivity index (χ0n) is 16.1. The number of aromatic nitrogens is 2. The second-order valence-electron chi connectivity index (χ2n) is 7.49. The van der Waals surface area contributed by atoms with Gasteiger partial charge in [0.15, 0.2) is 0 Å². The standard InChI is InChI=1S/C17H25N5O2S.CH2O2/c1-10-5-20-16(21-15(10)18)22-7-12-11(6-19-14(23)8-25-2)13-3-4-17(12,9-22)24-13;2-1-3/h5,11-13H,3-4,6-9H2,1-2H3,(H,19,23)(H2,18,20,21);1H,(H,2,3)/t11-,12+,13+,17+;/m0./s1. The number of hydrogen-bond acceptors (Lipinski definition) is 8. The van der Waals surface area contributed by atoms with E-state index in [-0.39, 0.29) is 24.1 Å². The molecular formula is C18H27N5O4S. The Bertz CT molecular complexity index is 736. The molecule has 0 unspecified atom stereocenters. The minimum absolute atomic E-state index is 0.105. The van der Waals surface area contributed by atoms with E-state index in [9.17, 15) is 4.79 Å². The summed E-state index contributed by atoms with van der Waals surface area (Å²) in [5, 5.41) is 9.97. The largest absolute Gasteiger partial charge is 0.483 e. The van der Waals surface area contributed by atoms with E-state index < -0.39 is 0 Å². The van der Waals surface area contributed by atoms with E-state index in [1.807, 2.05) is 13.2 Å². The van der Waals surface area contributed by atoms with E-state index in [2.05, 4.69) is 20.2 Å². The highest BCUT2D eigenvalue weighted by Crippen LogP contribution is 2.54. The number of nitrogens with two attached hydrogens (primary N) is 1. The average Bonchev–Trinajstić information content (AvgIpc) is 3.31. The summed E-state index contributed by atoms with van der Waals surface area (Å²) >= 11 is 1.55. The molecule has 154 valence electrons. The zero-order valence-corrected chi connectivity index (χ0v) is 16.9. The van der Waals surface area contributed by atoms with E-state index in [1.54, 1.807) is 18.0 Å². The molecule has 3 aliphatic heterocycles. The van der Waals surface area contributed by atoms with Gasteiger partial charge in [0.1, 0.15) is 5.82 Å². The average molecular weight is 410 g/mol. The van der Waals surface area contributed by atoms with Crippen molar-refractivity contribution in [2.45, 2.75) is 31.5 Å². The van der Waals surface area contributed by atoms with Crippen LogP contribution in [-0.2, 0) is 14.3 Å². The van der Waals surface area contributed by atoms with Gasteiger partial charge in [-0.2, -0.15) is 16.7 Å². The number of carboxylic acid groups (broad SMARTS) is 1. The highest BCUT2D eigenvalue weighted by atomic mass is 32.2. The minimum atomic E-state index is -0.250. The first-order valence-electron chi connectivity index (χ1n) is 9.29. The lowest BCUT2D eigenvalue weighted by Gasteiger charge is -2.29. The smallest absolute Gasteiger partial charge is 0.290 e. The Morgan fingerprint density at radius 1 is 1.61 bits per heavy atom. The van der Waals surface area contributed by atoms with Crippen molar-refractivity contribution in [3.05, 3.63) is 11.8 Å². The molecule has 4 rings (SSSR count). The third-order valence-corrected chi connectivity index (χ3v) is 6.43. The second kappa shape index (κ2) is 8.52. The minimum Gasteiger partial charge on any atom is -0.483 e. The van der Waals surface area contributed by atoms with Gasteiger partial charge in [-0.3, -0.25) is 9.59 Å². The van der Waals surface area contributed by atoms with Crippen LogP contribution in [0.2, 0.25) is 0 Å². The normalized spacial score (nSPS) is 29.8. The molecular weight excluding hydrogens is 382 g/mol. The van der Waals surface area contributed by atoms with Crippen molar-refractivity contribution in [3.63, 3.8) is 0 Å². The Hall–Kier alpha value is -2.07. The summed E-state index contributed by atoms with van der Waals surface area (Å²) in [5.74, 6) is 2.61. The van der Waals surface area contributed by atoms with Crippen molar-refractivity contribution in [1.29, 1.82) is 0 Å². The van der Waals surface area contributed by atoms with Crippen molar-refractivity contribution in [2.75, 3.05) is 42.3 Å². The van der Waals surface area contributed by atoms with Crippen LogP contribution in [-0.4, -0.2) is 70.8 Å². The zero-order chi connectivity index (χ0) is 20.3. The molecule has 10 heteroatoms. The van der Waals surface area contributed by atoms with Crippen molar-refractivity contribution in [3.8, 4) is 0 Å². The van der Waals surface area contributed by atoms with Crippen molar-refractivity contribution < 1.29 is 19.4 Å². The van der Waals surface area contributed by atoms with Gasteiger partial charge in [-0.15, -0.1) is 0 Å². The van der Waals surface area contributed by atoms with Crippen LogP contribution in [0.25, 0.3) is 0 Å². The van der Waals surface area contributed by atoms with Crippen molar-refractivity contribution >= 4 is 35.9 Å². The van der Waals surface area contributed by atoms with Crippen LogP contribution in [0, 0.1) is 18.8 Å². The topological polar surface area (TPSA) is 131 Å². The Morgan fingerprint density at radius 3 is 3.04 bits per heavy atom. The first kappa shape index (κ1) is 20.7. The summed E-state index contributed by atoms with van der Waals surface area (Å²) in [4.78, 5) is 31.3. The molecule has 28 heavy (non-hydrogen) atoms. The Kier molecular flexibility index (Phi) is 6.29. The fourth-order valence-corrected chi connectivity index (χ4v) is 4.99. The van der Waals surface area contributed by atoms with Gasteiger partial charge in [0.2, 0.25) is 11.9 Å². The molecule has 1 aromatic heterocycles. The fourth-order valence-electron chi connectivity index (χ4n) is 4.63. The molecule has 3 saturated heterocycles. The number of ether oxygens (including phenoxy) is 1. The first-order chi connectivity index (χ1) is 13.4. The Balaban J connectivity index is 0.000000706. The lowest BCUT2D eigenvalue weighted by molar-refractivity contribution is -0.123. The predicted molar refractivity (Wildman–Crippen MR) is 107 cm³/mol. The molecule has 1 amide bonds. The number of rotatable bonds is 5. The number of nitrogens with one attached hydrogen (secondary N) is 1. The SMILES string of the molecule is CSCC(=O)NC[C@H]1[C@H]2CN(c3ncc(C)c(N)n3)C[C@]23CC[C@H]1O3.O=CO. The summed E-state index contributed by atoms with van der Waals surface area (Å²) in [6.07, 6.45) is 6.14. The summed E-state index contributed by atoms with van der Waals surface area (Å²) in [6.45, 7) is 4.03. The molecule has 2 bridgehead atoms. The van der Waals surface area contributed by atoms with E-state index >= 15 is 0 Å². The van der Waals surface area contributed by atoms with E-state index in [4.69, 9.17) is 20.4 Å². The molecule has 1 aromatic rings. The van der Waals surface area contributed by atoms with E-state index in [0.717, 1.165) is 31.5 Å². The molecule has 1 spiro atoms. The highest BCUT2D eigenvalue weighted by molar-refractivity contribution is 7.99. The van der Waals surface area contributed by atoms with E-state index in [0.29, 0.717) is 35.9 Å². The van der Waals surface area contributed by atoms with Crippen molar-refractivity contribution in [2.24, 2.45) is 11.8 Å². The van der Waals surface area contributed by atoms with Crippen LogP contribution >= 0.6 is 11.8 Å². The lowest BCUT2D eigenvalue weighted by Crippen LogP contribution is -2.42. The number of anilines is 2. The quantitative estimate of drug-likeness (QED) is 0.596. The van der Waals surface area contributed by atoms with Crippen LogP contribution in [0.3, 0.4) is 0 Å². The first-order valence-corrected chi connectivity index (χ1v) is 10.7. The number of aryl methyl sites for hydroxylation is 1. The maximum absolute atomic E-state index is 11.8. The van der Waals surface area contributed by atoms with Gasteiger partial charge < -0.3 is 25.8 Å². The summed E-state index contributed by atoms with van der Waals surface area (Å²) in [5.41, 5.74) is 6.74. The monoisotopic (exact) mass is 409 g/mol. The number of thioether (sulfide) groups is 1. The number of hydrogen-bond donors (Lipinski definition) is 3. The third-order valence-electron chi connectivity index (χ3n) is 5.88. The molecule has 4 heterocycles. The number of amides is 1. The number of fused-ring (bicyclic) bond motifs is 1. The van der Waals surface area contributed by atoms with E-state index in [1.165, 1.54) is 0 Å². The lowest BCUT2D eigenvalue weighted by atomic mass is 9.73. The molecule has 3 fully saturated rings. The van der Waals surface area contributed by atoms with Gasteiger partial charge in [0.25, 0.3) is 6.47 Å². The maximum Gasteiger partial charge on any atom is 0.290 e. The van der Waals surface area contributed by atoms with Gasteiger partial charge in [-0.05, 0) is 26.0 Å². The highest BCUT2D eigenvalue weighted by Gasteiger charge is 2.63. The molecule has 0 aliphatic carbocycles. The molecule has 4 atom stereocenters. The van der Waals surface area contributed by atoms with Gasteiger partial charge in [-0.25, -0.2) is 4.98 Å². The molecule has 0 saturated carbocycles. The third kappa shape index (κ3) is 3.88. The Labute approximate surface area is 168 Å². The summed E-state index contributed by atoms with van der Waals surface area (Å²) < 4.78 is 6.41. The van der Waals surface area contributed by atoms with Crippen LogP contribution in [0.5, 0.6) is 0 Å². The van der Waals surface area contributed by atoms with Crippen molar-refractivity contribution in [1.82, 2.24) is 15.3 Å². The summed E-state index contributed by atoms with van der Waals surface area (Å²) in [7, 11) is 0. The number of nitrogens with zero attached hydrogens (tertiary/aromatic N) is 3. The summed E-state index contributed by atoms with van der Waals surface area (Å²) in [6, 6.07) is 0. The number of carbonyl (C=O) groups excluding carboxylic acids is 1. The Morgan fingerprint density at radius 2 is 2.36 bits per heavy atom. The van der Waals surface area contributed by atoms with Crippen LogP contribution in [0.15, 0.2) is 6.20 Å². The second-order valence-corrected chi connectivity index (χ2v) is 8.36. The van der Waals surface area contributed by atoms with Crippen LogP contribution in [0.1, 0.15) is 18.4 Å². The van der Waals surface area contributed by atoms with Gasteiger partial charge in [0, 0.05) is 36.7 Å². The maximum atomic E-state index is 11.8. The van der Waals surface area contributed by atoms with Crippen LogP contribution < -0.4 is 16.0 Å². The van der Waals surface area contributed by atoms with Gasteiger partial charge in [-0.1, -0.05) is 0 Å². The molecule has 9 nitrogen and oxygen atoms in total. The predicted octanol–water partition coefficient (Wildman–Crippen LogP) is 0.531. The molecule has 3 aliphatic rings. The van der Waals surface area contributed by atoms with Gasteiger partial charge >= 0.3 is 0 Å². The number of nitrogen functional groups attached to an aromatic ring is 1. The molecule has 4 N–H and O–H groups in total. The van der Waals surface area contributed by atoms with Crippen LogP contribution in [0.4, 0.5) is 11.8 Å². The fraction of sp³-hybridized carbons (Fsp3) is 0.667. The van der Waals surface area contributed by atoms with Gasteiger partial charge in [0.05, 0.1) is 24.0 Å². The molecule has 0 aromatic carbocycles. The molecule has 0 radical (unpaired) electrons. The number of carbonyl (C=O) groups is 2.